The number of hydrogen-bond donors (Lipinski definition) is 1. The van der Waals surface area contributed by atoms with Gasteiger partial charge in [-0.3, -0.25) is 9.59 Å². The molecule has 0 aliphatic carbocycles. The van der Waals surface area contributed by atoms with Gasteiger partial charge in [0.2, 0.25) is 5.91 Å². The van der Waals surface area contributed by atoms with Crippen LogP contribution in [0.15, 0.2) is 36.4 Å². The number of piperidine rings is 1. The zero-order valence-electron chi connectivity index (χ0n) is 17.1. The van der Waals surface area contributed by atoms with Crippen molar-refractivity contribution in [3.05, 3.63) is 57.6 Å². The highest BCUT2D eigenvalue weighted by Crippen LogP contribution is 2.28. The van der Waals surface area contributed by atoms with E-state index in [0.29, 0.717) is 27.0 Å². The molecule has 2 amide bonds. The Kier molecular flexibility index (Phi) is 7.58. The summed E-state index contributed by atoms with van der Waals surface area (Å²) < 4.78 is 5.15. The SMILES string of the molecule is COc1ccc(CNC(=O)c2cc(Cl)ccc2N(C(C)=O)N2CCCCC2)cc1Cl. The van der Waals surface area contributed by atoms with Crippen molar-refractivity contribution < 1.29 is 14.3 Å². The van der Waals surface area contributed by atoms with Crippen LogP contribution in [0.25, 0.3) is 0 Å². The van der Waals surface area contributed by atoms with Gasteiger partial charge in [0, 0.05) is 31.6 Å². The molecule has 6 nitrogen and oxygen atoms in total. The summed E-state index contributed by atoms with van der Waals surface area (Å²) in [4.78, 5) is 25.5. The summed E-state index contributed by atoms with van der Waals surface area (Å²) in [6.45, 7) is 3.32. The average Bonchev–Trinajstić information content (AvgIpc) is 2.74. The molecule has 0 atom stereocenters. The Bertz CT molecular complexity index is 930. The quantitative estimate of drug-likeness (QED) is 0.694. The van der Waals surface area contributed by atoms with Gasteiger partial charge in [-0.25, -0.2) is 10.0 Å². The number of anilines is 1. The minimum absolute atomic E-state index is 0.143. The normalized spacial score (nSPS) is 14.3. The summed E-state index contributed by atoms with van der Waals surface area (Å²) in [5.74, 6) is 0.111. The lowest BCUT2D eigenvalue weighted by Gasteiger charge is -2.37. The fraction of sp³-hybridized carbons (Fsp3) is 0.364. The number of rotatable bonds is 6. The van der Waals surface area contributed by atoms with Crippen LogP contribution in [0.1, 0.15) is 42.1 Å². The molecule has 0 unspecified atom stereocenters. The van der Waals surface area contributed by atoms with Crippen molar-refractivity contribution in [3.8, 4) is 5.75 Å². The molecule has 0 radical (unpaired) electrons. The average molecular weight is 450 g/mol. The van der Waals surface area contributed by atoms with Crippen molar-refractivity contribution in [2.24, 2.45) is 0 Å². The zero-order valence-corrected chi connectivity index (χ0v) is 18.6. The molecule has 30 heavy (non-hydrogen) atoms. The summed E-state index contributed by atoms with van der Waals surface area (Å²) in [5.41, 5.74) is 1.71. The van der Waals surface area contributed by atoms with Crippen LogP contribution in [0.3, 0.4) is 0 Å². The second-order valence-electron chi connectivity index (χ2n) is 7.16. The molecule has 1 heterocycles. The van der Waals surface area contributed by atoms with Crippen LogP contribution >= 0.6 is 23.2 Å². The number of ether oxygens (including phenoxy) is 1. The van der Waals surface area contributed by atoms with Gasteiger partial charge in [-0.2, -0.15) is 0 Å². The number of hydrogen-bond acceptors (Lipinski definition) is 4. The Hall–Kier alpha value is -2.28. The van der Waals surface area contributed by atoms with Gasteiger partial charge in [-0.1, -0.05) is 35.7 Å². The highest BCUT2D eigenvalue weighted by molar-refractivity contribution is 6.32. The maximum atomic E-state index is 13.0. The lowest BCUT2D eigenvalue weighted by atomic mass is 10.1. The van der Waals surface area contributed by atoms with Gasteiger partial charge < -0.3 is 10.1 Å². The van der Waals surface area contributed by atoms with E-state index >= 15 is 0 Å². The van der Waals surface area contributed by atoms with Crippen LogP contribution in [0.2, 0.25) is 10.0 Å². The highest BCUT2D eigenvalue weighted by atomic mass is 35.5. The standard InChI is InChI=1S/C22H25Cl2N3O3/c1-15(28)27(26-10-4-3-5-11-26)20-8-7-17(23)13-18(20)22(29)25-14-16-6-9-21(30-2)19(24)12-16/h6-9,12-13H,3-5,10-11,14H2,1-2H3,(H,25,29). The molecule has 8 heteroatoms. The fourth-order valence-corrected chi connectivity index (χ4v) is 4.02. The molecular weight excluding hydrogens is 425 g/mol. The van der Waals surface area contributed by atoms with Crippen LogP contribution in [0, 0.1) is 0 Å². The number of hydrazine groups is 1. The Labute approximate surface area is 186 Å². The Morgan fingerprint density at radius 1 is 1.10 bits per heavy atom. The molecule has 1 aliphatic heterocycles. The van der Waals surface area contributed by atoms with Crippen molar-refractivity contribution in [1.29, 1.82) is 0 Å². The largest absolute Gasteiger partial charge is 0.495 e. The van der Waals surface area contributed by atoms with Crippen LogP contribution in [0.5, 0.6) is 5.75 Å². The van der Waals surface area contributed by atoms with Gasteiger partial charge >= 0.3 is 0 Å². The number of halogens is 2. The molecule has 1 N–H and O–H groups in total. The van der Waals surface area contributed by atoms with E-state index in [4.69, 9.17) is 27.9 Å². The second kappa shape index (κ2) is 10.2. The minimum Gasteiger partial charge on any atom is -0.495 e. The smallest absolute Gasteiger partial charge is 0.253 e. The van der Waals surface area contributed by atoms with Crippen molar-refractivity contribution in [1.82, 2.24) is 10.3 Å². The molecule has 2 aromatic rings. The van der Waals surface area contributed by atoms with Gasteiger partial charge in [0.25, 0.3) is 5.91 Å². The first-order chi connectivity index (χ1) is 14.4. The van der Waals surface area contributed by atoms with E-state index in [1.54, 1.807) is 42.5 Å². The van der Waals surface area contributed by atoms with E-state index in [2.05, 4.69) is 5.32 Å². The van der Waals surface area contributed by atoms with Crippen molar-refractivity contribution in [2.75, 3.05) is 25.2 Å². The van der Waals surface area contributed by atoms with Crippen molar-refractivity contribution >= 4 is 40.7 Å². The monoisotopic (exact) mass is 449 g/mol. The fourth-order valence-electron chi connectivity index (χ4n) is 3.57. The highest BCUT2D eigenvalue weighted by Gasteiger charge is 2.26. The first kappa shape index (κ1) is 22.4. The van der Waals surface area contributed by atoms with Crippen molar-refractivity contribution in [2.45, 2.75) is 32.7 Å². The number of carbonyl (C=O) groups is 2. The first-order valence-electron chi connectivity index (χ1n) is 9.86. The van der Waals surface area contributed by atoms with Crippen molar-refractivity contribution in [3.63, 3.8) is 0 Å². The van der Waals surface area contributed by atoms with E-state index in [-0.39, 0.29) is 18.4 Å². The maximum absolute atomic E-state index is 13.0. The second-order valence-corrected chi connectivity index (χ2v) is 8.00. The molecule has 0 saturated carbocycles. The number of methoxy groups -OCH3 is 1. The number of amides is 2. The predicted octanol–water partition coefficient (Wildman–Crippen LogP) is 4.69. The van der Waals surface area contributed by atoms with E-state index in [1.807, 2.05) is 11.1 Å². The van der Waals surface area contributed by atoms with E-state index in [1.165, 1.54) is 6.92 Å². The topological polar surface area (TPSA) is 61.9 Å². The van der Waals surface area contributed by atoms with E-state index in [9.17, 15) is 9.59 Å². The lowest BCUT2D eigenvalue weighted by Crippen LogP contribution is -2.49. The van der Waals surface area contributed by atoms with Crippen LogP contribution in [0.4, 0.5) is 5.69 Å². The van der Waals surface area contributed by atoms with Crippen LogP contribution in [-0.2, 0) is 11.3 Å². The summed E-state index contributed by atoms with van der Waals surface area (Å²) >= 11 is 12.3. The van der Waals surface area contributed by atoms with Crippen LogP contribution < -0.4 is 15.1 Å². The van der Waals surface area contributed by atoms with E-state index < -0.39 is 0 Å². The number of nitrogens with zero attached hydrogens (tertiary/aromatic N) is 2. The Balaban J connectivity index is 1.83. The molecule has 3 rings (SSSR count). The summed E-state index contributed by atoms with van der Waals surface area (Å²) in [6, 6.07) is 10.3. The van der Waals surface area contributed by atoms with Crippen LogP contribution in [-0.4, -0.2) is 37.0 Å². The van der Waals surface area contributed by atoms with Gasteiger partial charge in [-0.15, -0.1) is 0 Å². The third kappa shape index (κ3) is 5.25. The van der Waals surface area contributed by atoms with Gasteiger partial charge in [0.1, 0.15) is 5.75 Å². The summed E-state index contributed by atoms with van der Waals surface area (Å²) in [5, 5.41) is 7.38. The number of nitrogens with one attached hydrogen (secondary N) is 1. The summed E-state index contributed by atoms with van der Waals surface area (Å²) in [7, 11) is 1.55. The molecule has 0 spiro atoms. The van der Waals surface area contributed by atoms with Gasteiger partial charge in [0.05, 0.1) is 23.4 Å². The Morgan fingerprint density at radius 2 is 1.83 bits per heavy atom. The molecule has 0 aromatic heterocycles. The predicted molar refractivity (Wildman–Crippen MR) is 119 cm³/mol. The molecule has 1 saturated heterocycles. The first-order valence-corrected chi connectivity index (χ1v) is 10.6. The molecule has 2 aromatic carbocycles. The maximum Gasteiger partial charge on any atom is 0.253 e. The number of carbonyl (C=O) groups excluding carboxylic acids is 2. The Morgan fingerprint density at radius 3 is 2.47 bits per heavy atom. The zero-order chi connectivity index (χ0) is 21.7. The third-order valence-corrected chi connectivity index (χ3v) is 5.54. The molecule has 1 aliphatic rings. The third-order valence-electron chi connectivity index (χ3n) is 5.01. The van der Waals surface area contributed by atoms with Gasteiger partial charge in [-0.05, 0) is 48.7 Å². The van der Waals surface area contributed by atoms with Gasteiger partial charge in [0.15, 0.2) is 0 Å². The molecular formula is C22H25Cl2N3O3. The molecule has 1 fully saturated rings. The lowest BCUT2D eigenvalue weighted by molar-refractivity contribution is -0.119. The minimum atomic E-state index is -0.317. The molecule has 0 bridgehead atoms. The molecule has 160 valence electrons. The number of benzene rings is 2. The summed E-state index contributed by atoms with van der Waals surface area (Å²) in [6.07, 6.45) is 3.16. The van der Waals surface area contributed by atoms with E-state index in [0.717, 1.165) is 37.9 Å².